The van der Waals surface area contributed by atoms with E-state index in [1.165, 1.54) is 5.56 Å². The predicted molar refractivity (Wildman–Crippen MR) is 108 cm³/mol. The molecule has 1 aromatic heterocycles. The van der Waals surface area contributed by atoms with Gasteiger partial charge in [0.25, 0.3) is 5.56 Å². The van der Waals surface area contributed by atoms with Crippen LogP contribution in [-0.4, -0.2) is 9.55 Å². The second kappa shape index (κ2) is 6.55. The van der Waals surface area contributed by atoms with Crippen molar-refractivity contribution in [2.24, 2.45) is 0 Å². The fourth-order valence-corrected chi connectivity index (χ4v) is 3.30. The van der Waals surface area contributed by atoms with Gasteiger partial charge in [-0.2, -0.15) is 0 Å². The minimum Gasteiger partial charge on any atom is -0.398 e. The average molecular weight is 433 g/mol. The van der Waals surface area contributed by atoms with Gasteiger partial charge in [-0.15, -0.1) is 0 Å². The fraction of sp³-hybridized carbons (Fsp3) is 0.263. The molecule has 0 spiro atoms. The molecule has 1 heterocycles. The van der Waals surface area contributed by atoms with Crippen LogP contribution < -0.4 is 11.3 Å². The van der Waals surface area contributed by atoms with Gasteiger partial charge in [0.15, 0.2) is 0 Å². The molecule has 0 fully saturated rings. The number of aromatic nitrogens is 2. The van der Waals surface area contributed by atoms with Crippen LogP contribution in [0.1, 0.15) is 36.7 Å². The molecular formula is C19H20IN3O. The highest BCUT2D eigenvalue weighted by atomic mass is 127. The molecule has 0 aliphatic carbocycles. The van der Waals surface area contributed by atoms with E-state index in [1.807, 2.05) is 32.9 Å². The standard InChI is InChI=1S/C19H20IN3O/c1-11(2)18-22-17-12(3)16(21)9-8-15(17)19(24)23(18)14-6-4-13(10-20)5-7-14/h4-9,11H,10,21H2,1-3H3. The highest BCUT2D eigenvalue weighted by Crippen LogP contribution is 2.24. The largest absolute Gasteiger partial charge is 0.398 e. The van der Waals surface area contributed by atoms with Crippen molar-refractivity contribution in [1.82, 2.24) is 9.55 Å². The Kier molecular flexibility index (Phi) is 4.62. The Morgan fingerprint density at radius 1 is 1.17 bits per heavy atom. The first-order valence-corrected chi connectivity index (χ1v) is 9.43. The number of alkyl halides is 1. The van der Waals surface area contributed by atoms with Crippen LogP contribution in [0.3, 0.4) is 0 Å². The van der Waals surface area contributed by atoms with Gasteiger partial charge in [0.05, 0.1) is 16.6 Å². The van der Waals surface area contributed by atoms with Gasteiger partial charge in [0.1, 0.15) is 5.82 Å². The molecule has 0 radical (unpaired) electrons. The van der Waals surface area contributed by atoms with E-state index in [9.17, 15) is 4.79 Å². The number of benzene rings is 2. The molecule has 0 unspecified atom stereocenters. The number of hydrogen-bond acceptors (Lipinski definition) is 3. The minimum absolute atomic E-state index is 0.0472. The number of halogens is 1. The van der Waals surface area contributed by atoms with E-state index in [1.54, 1.807) is 16.7 Å². The van der Waals surface area contributed by atoms with Crippen LogP contribution in [-0.2, 0) is 4.43 Å². The lowest BCUT2D eigenvalue weighted by atomic mass is 10.1. The maximum atomic E-state index is 13.2. The smallest absolute Gasteiger partial charge is 0.265 e. The highest BCUT2D eigenvalue weighted by molar-refractivity contribution is 14.1. The first-order chi connectivity index (χ1) is 11.4. The van der Waals surface area contributed by atoms with Crippen LogP contribution in [0.4, 0.5) is 5.69 Å². The second-order valence-electron chi connectivity index (χ2n) is 6.24. The Morgan fingerprint density at radius 3 is 2.42 bits per heavy atom. The van der Waals surface area contributed by atoms with Crippen LogP contribution in [0.25, 0.3) is 16.6 Å². The van der Waals surface area contributed by atoms with Crippen LogP contribution in [0, 0.1) is 6.92 Å². The molecule has 0 atom stereocenters. The van der Waals surface area contributed by atoms with E-state index in [2.05, 4.69) is 34.7 Å². The van der Waals surface area contributed by atoms with Crippen molar-refractivity contribution < 1.29 is 0 Å². The molecule has 4 nitrogen and oxygen atoms in total. The van der Waals surface area contributed by atoms with E-state index in [0.29, 0.717) is 16.6 Å². The molecule has 5 heteroatoms. The van der Waals surface area contributed by atoms with Gasteiger partial charge in [-0.3, -0.25) is 9.36 Å². The summed E-state index contributed by atoms with van der Waals surface area (Å²) in [6.07, 6.45) is 0. The number of nitrogens with zero attached hydrogens (tertiary/aromatic N) is 2. The van der Waals surface area contributed by atoms with Gasteiger partial charge in [0.2, 0.25) is 0 Å². The summed E-state index contributed by atoms with van der Waals surface area (Å²) in [6, 6.07) is 11.6. The van der Waals surface area contributed by atoms with E-state index in [4.69, 9.17) is 10.7 Å². The molecule has 24 heavy (non-hydrogen) atoms. The number of nitrogens with two attached hydrogens (primary N) is 1. The number of fused-ring (bicyclic) bond motifs is 1. The molecule has 2 aromatic carbocycles. The Bertz CT molecular complexity index is 959. The normalized spacial score (nSPS) is 11.4. The van der Waals surface area contributed by atoms with Crippen molar-refractivity contribution in [3.05, 3.63) is 63.7 Å². The van der Waals surface area contributed by atoms with Crippen LogP contribution >= 0.6 is 22.6 Å². The molecule has 2 N–H and O–H groups in total. The van der Waals surface area contributed by atoms with Gasteiger partial charge in [-0.25, -0.2) is 4.98 Å². The third kappa shape index (κ3) is 2.81. The predicted octanol–water partition coefficient (Wildman–Crippen LogP) is 4.33. The molecule has 124 valence electrons. The summed E-state index contributed by atoms with van der Waals surface area (Å²) in [5.74, 6) is 0.871. The number of hydrogen-bond donors (Lipinski definition) is 1. The molecule has 0 saturated heterocycles. The summed E-state index contributed by atoms with van der Waals surface area (Å²) in [5.41, 5.74) is 10.2. The summed E-state index contributed by atoms with van der Waals surface area (Å²) >= 11 is 2.33. The third-order valence-electron chi connectivity index (χ3n) is 4.23. The zero-order valence-corrected chi connectivity index (χ0v) is 16.2. The Hall–Kier alpha value is -1.89. The van der Waals surface area contributed by atoms with Crippen molar-refractivity contribution in [1.29, 1.82) is 0 Å². The van der Waals surface area contributed by atoms with Crippen LogP contribution in [0.5, 0.6) is 0 Å². The first-order valence-electron chi connectivity index (χ1n) is 7.91. The van der Waals surface area contributed by atoms with E-state index >= 15 is 0 Å². The molecular weight excluding hydrogens is 413 g/mol. The molecule has 3 rings (SSSR count). The molecule has 0 bridgehead atoms. The molecule has 0 aliphatic rings. The minimum atomic E-state index is -0.0472. The Balaban J connectivity index is 2.37. The average Bonchev–Trinajstić information content (AvgIpc) is 2.58. The lowest BCUT2D eigenvalue weighted by Gasteiger charge is -2.17. The number of rotatable bonds is 3. The van der Waals surface area contributed by atoms with Crippen molar-refractivity contribution in [3.63, 3.8) is 0 Å². The summed E-state index contributed by atoms with van der Waals surface area (Å²) in [4.78, 5) is 17.9. The SMILES string of the molecule is Cc1c(N)ccc2c(=O)n(-c3ccc(CI)cc3)c(C(C)C)nc12. The molecule has 0 aliphatic heterocycles. The fourth-order valence-electron chi connectivity index (χ4n) is 2.79. The van der Waals surface area contributed by atoms with Crippen molar-refractivity contribution in [2.45, 2.75) is 31.1 Å². The van der Waals surface area contributed by atoms with E-state index < -0.39 is 0 Å². The monoisotopic (exact) mass is 433 g/mol. The van der Waals surface area contributed by atoms with Gasteiger partial charge >= 0.3 is 0 Å². The second-order valence-corrected chi connectivity index (χ2v) is 7.00. The summed E-state index contributed by atoms with van der Waals surface area (Å²) < 4.78 is 2.66. The third-order valence-corrected chi connectivity index (χ3v) is 5.11. The van der Waals surface area contributed by atoms with Gasteiger partial charge in [-0.05, 0) is 42.3 Å². The zero-order chi connectivity index (χ0) is 17.4. The van der Waals surface area contributed by atoms with E-state index in [0.717, 1.165) is 21.5 Å². The Morgan fingerprint density at radius 2 is 1.83 bits per heavy atom. The number of nitrogen functional groups attached to an aromatic ring is 1. The lowest BCUT2D eigenvalue weighted by molar-refractivity contribution is 0.722. The van der Waals surface area contributed by atoms with Crippen LogP contribution in [0.15, 0.2) is 41.2 Å². The number of anilines is 1. The molecule has 3 aromatic rings. The van der Waals surface area contributed by atoms with Gasteiger partial charge in [-0.1, -0.05) is 48.6 Å². The van der Waals surface area contributed by atoms with Gasteiger partial charge < -0.3 is 5.73 Å². The van der Waals surface area contributed by atoms with Crippen LogP contribution in [0.2, 0.25) is 0 Å². The molecule has 0 amide bonds. The van der Waals surface area contributed by atoms with E-state index in [-0.39, 0.29) is 11.5 Å². The topological polar surface area (TPSA) is 60.9 Å². The summed E-state index contributed by atoms with van der Waals surface area (Å²) in [6.45, 7) is 6.00. The van der Waals surface area contributed by atoms with Crippen molar-refractivity contribution in [2.75, 3.05) is 5.73 Å². The maximum Gasteiger partial charge on any atom is 0.265 e. The zero-order valence-electron chi connectivity index (χ0n) is 14.0. The lowest BCUT2D eigenvalue weighted by Crippen LogP contribution is -2.25. The highest BCUT2D eigenvalue weighted by Gasteiger charge is 2.17. The molecule has 0 saturated carbocycles. The quantitative estimate of drug-likeness (QED) is 0.380. The summed E-state index contributed by atoms with van der Waals surface area (Å²) in [5, 5.41) is 0.601. The van der Waals surface area contributed by atoms with Crippen molar-refractivity contribution in [3.8, 4) is 5.69 Å². The van der Waals surface area contributed by atoms with Gasteiger partial charge in [0, 0.05) is 16.0 Å². The Labute approximate surface area is 154 Å². The van der Waals surface area contributed by atoms with Crippen molar-refractivity contribution >= 4 is 39.2 Å². The number of aryl methyl sites for hydroxylation is 1. The summed E-state index contributed by atoms with van der Waals surface area (Å²) in [7, 11) is 0. The first kappa shape index (κ1) is 17.0. The maximum absolute atomic E-state index is 13.2.